The number of hydrogen-bond donors (Lipinski definition) is 0. The lowest BCUT2D eigenvalue weighted by Crippen LogP contribution is -2.28. The van der Waals surface area contributed by atoms with Crippen LogP contribution in [-0.4, -0.2) is 31.5 Å². The predicted octanol–water partition coefficient (Wildman–Crippen LogP) is 0.436. The van der Waals surface area contributed by atoms with Gasteiger partial charge in [-0.1, -0.05) is 5.16 Å². The van der Waals surface area contributed by atoms with Crippen molar-refractivity contribution in [1.82, 2.24) is 9.46 Å². The number of nitriles is 1. The van der Waals surface area contributed by atoms with Crippen LogP contribution in [0.4, 0.5) is 0 Å². The maximum atomic E-state index is 11.9. The maximum Gasteiger partial charge on any atom is 0.249 e. The first-order valence-corrected chi connectivity index (χ1v) is 5.61. The van der Waals surface area contributed by atoms with Gasteiger partial charge in [0.25, 0.3) is 0 Å². The summed E-state index contributed by atoms with van der Waals surface area (Å²) >= 11 is 0. The number of hydrogen-bond acceptors (Lipinski definition) is 5. The molecular weight excluding hydrogens is 218 g/mol. The van der Waals surface area contributed by atoms with Crippen molar-refractivity contribution in [3.8, 4) is 6.07 Å². The molecule has 0 fully saturated rings. The van der Waals surface area contributed by atoms with E-state index in [1.165, 1.54) is 14.0 Å². The quantitative estimate of drug-likeness (QED) is 0.701. The normalized spacial score (nSPS) is 11.7. The molecule has 0 atom stereocenters. The summed E-state index contributed by atoms with van der Waals surface area (Å²) in [7, 11) is -2.33. The predicted molar refractivity (Wildman–Crippen MR) is 51.4 cm³/mol. The fourth-order valence-corrected chi connectivity index (χ4v) is 2.53. The Morgan fingerprint density at radius 2 is 2.13 bits per heavy atom. The van der Waals surface area contributed by atoms with Crippen molar-refractivity contribution in [1.29, 1.82) is 5.26 Å². The second kappa shape index (κ2) is 4.00. The van der Waals surface area contributed by atoms with Crippen LogP contribution in [0, 0.1) is 25.2 Å². The summed E-state index contributed by atoms with van der Waals surface area (Å²) in [6.07, 6.45) is 0. The van der Waals surface area contributed by atoms with Gasteiger partial charge in [0.05, 0.1) is 6.07 Å². The molecule has 0 saturated heterocycles. The molecule has 0 aliphatic carbocycles. The summed E-state index contributed by atoms with van der Waals surface area (Å²) in [5.74, 6) is 0.234. The Morgan fingerprint density at radius 3 is 2.53 bits per heavy atom. The van der Waals surface area contributed by atoms with Gasteiger partial charge in [0.1, 0.15) is 17.1 Å². The van der Waals surface area contributed by atoms with E-state index in [0.717, 1.165) is 4.31 Å². The molecule has 0 aliphatic rings. The van der Waals surface area contributed by atoms with Crippen LogP contribution < -0.4 is 0 Å². The lowest BCUT2D eigenvalue weighted by atomic mass is 10.4. The maximum absolute atomic E-state index is 11.9. The molecule has 0 aliphatic heterocycles. The number of aryl methyl sites for hydroxylation is 2. The molecule has 1 aromatic heterocycles. The van der Waals surface area contributed by atoms with E-state index in [2.05, 4.69) is 5.16 Å². The highest BCUT2D eigenvalue weighted by Crippen LogP contribution is 2.21. The number of nitrogens with zero attached hydrogens (tertiary/aromatic N) is 3. The molecule has 1 heterocycles. The molecule has 0 radical (unpaired) electrons. The van der Waals surface area contributed by atoms with Gasteiger partial charge in [-0.05, 0) is 13.8 Å². The summed E-state index contributed by atoms with van der Waals surface area (Å²) in [4.78, 5) is 0.0419. The van der Waals surface area contributed by atoms with Gasteiger partial charge in [-0.15, -0.1) is 0 Å². The van der Waals surface area contributed by atoms with E-state index >= 15 is 0 Å². The molecular formula is C8H11N3O3S. The van der Waals surface area contributed by atoms with Crippen LogP contribution in [-0.2, 0) is 10.0 Å². The molecule has 6 nitrogen and oxygen atoms in total. The zero-order valence-corrected chi connectivity index (χ0v) is 9.50. The van der Waals surface area contributed by atoms with Gasteiger partial charge in [0, 0.05) is 7.05 Å². The van der Waals surface area contributed by atoms with Gasteiger partial charge in [-0.25, -0.2) is 8.42 Å². The van der Waals surface area contributed by atoms with Crippen LogP contribution >= 0.6 is 0 Å². The summed E-state index contributed by atoms with van der Waals surface area (Å²) in [6.45, 7) is 2.86. The van der Waals surface area contributed by atoms with Crippen LogP contribution in [0.25, 0.3) is 0 Å². The molecule has 0 bridgehead atoms. The van der Waals surface area contributed by atoms with Crippen molar-refractivity contribution in [3.05, 3.63) is 11.5 Å². The van der Waals surface area contributed by atoms with Crippen LogP contribution in [0.5, 0.6) is 0 Å². The Morgan fingerprint density at radius 1 is 1.53 bits per heavy atom. The monoisotopic (exact) mass is 229 g/mol. The molecule has 0 amide bonds. The van der Waals surface area contributed by atoms with E-state index in [0.29, 0.717) is 5.69 Å². The van der Waals surface area contributed by atoms with Crippen molar-refractivity contribution in [2.75, 3.05) is 13.6 Å². The standard InChI is InChI=1S/C8H11N3O3S/c1-6-8(7(2)14-10-6)15(12,13)11(3)5-4-9/h5H2,1-3H3. The van der Waals surface area contributed by atoms with E-state index in [9.17, 15) is 8.42 Å². The third kappa shape index (κ3) is 2.00. The first-order valence-electron chi connectivity index (χ1n) is 4.17. The van der Waals surface area contributed by atoms with Gasteiger partial charge < -0.3 is 4.52 Å². The van der Waals surface area contributed by atoms with Crippen LogP contribution in [0.1, 0.15) is 11.5 Å². The Balaban J connectivity index is 3.24. The third-order valence-electron chi connectivity index (χ3n) is 1.93. The number of sulfonamides is 1. The first kappa shape index (κ1) is 11.7. The molecule has 1 rings (SSSR count). The van der Waals surface area contributed by atoms with Crippen molar-refractivity contribution in [2.45, 2.75) is 18.7 Å². The Bertz CT molecular complexity index is 478. The van der Waals surface area contributed by atoms with Crippen molar-refractivity contribution in [2.24, 2.45) is 0 Å². The summed E-state index contributed by atoms with van der Waals surface area (Å²) in [6, 6.07) is 1.77. The summed E-state index contributed by atoms with van der Waals surface area (Å²) in [5.41, 5.74) is 0.303. The molecule has 0 spiro atoms. The van der Waals surface area contributed by atoms with Crippen molar-refractivity contribution >= 4 is 10.0 Å². The SMILES string of the molecule is Cc1noc(C)c1S(=O)(=O)N(C)CC#N. The van der Waals surface area contributed by atoms with Crippen LogP contribution in [0.3, 0.4) is 0 Å². The van der Waals surface area contributed by atoms with Gasteiger partial charge in [-0.2, -0.15) is 9.57 Å². The lowest BCUT2D eigenvalue weighted by Gasteiger charge is -2.12. The second-order valence-electron chi connectivity index (χ2n) is 3.07. The molecule has 0 aromatic carbocycles. The van der Waals surface area contributed by atoms with E-state index in [1.807, 2.05) is 0 Å². The smallest absolute Gasteiger partial charge is 0.249 e. The highest BCUT2D eigenvalue weighted by molar-refractivity contribution is 7.89. The molecule has 7 heteroatoms. The van der Waals surface area contributed by atoms with E-state index in [1.54, 1.807) is 13.0 Å². The largest absolute Gasteiger partial charge is 0.360 e. The molecule has 0 N–H and O–H groups in total. The average molecular weight is 229 g/mol. The second-order valence-corrected chi connectivity index (χ2v) is 5.05. The third-order valence-corrected chi connectivity index (χ3v) is 3.98. The topological polar surface area (TPSA) is 87.2 Å². The van der Waals surface area contributed by atoms with Gasteiger partial charge >= 0.3 is 0 Å². The zero-order valence-electron chi connectivity index (χ0n) is 8.68. The summed E-state index contributed by atoms with van der Waals surface area (Å²) < 4.78 is 29.5. The molecule has 82 valence electrons. The zero-order chi connectivity index (χ0) is 11.6. The van der Waals surface area contributed by atoms with Crippen molar-refractivity contribution < 1.29 is 12.9 Å². The highest BCUT2D eigenvalue weighted by Gasteiger charge is 2.28. The number of aromatic nitrogens is 1. The first-order chi connectivity index (χ1) is 6.91. The average Bonchev–Trinajstić information content (AvgIpc) is 2.46. The Labute approximate surface area is 88.1 Å². The molecule has 0 saturated carbocycles. The summed E-state index contributed by atoms with van der Waals surface area (Å²) in [5, 5.41) is 12.0. The van der Waals surface area contributed by atoms with Gasteiger partial charge in [0.15, 0.2) is 5.76 Å². The van der Waals surface area contributed by atoms with Crippen molar-refractivity contribution in [3.63, 3.8) is 0 Å². The van der Waals surface area contributed by atoms with E-state index in [4.69, 9.17) is 9.78 Å². The highest BCUT2D eigenvalue weighted by atomic mass is 32.2. The van der Waals surface area contributed by atoms with Crippen LogP contribution in [0.15, 0.2) is 9.42 Å². The van der Waals surface area contributed by atoms with E-state index in [-0.39, 0.29) is 17.2 Å². The minimum absolute atomic E-state index is 0.0419. The van der Waals surface area contributed by atoms with Gasteiger partial charge in [-0.3, -0.25) is 0 Å². The number of rotatable bonds is 3. The Kier molecular flexibility index (Phi) is 3.12. The molecule has 1 aromatic rings. The molecule has 0 unspecified atom stereocenters. The van der Waals surface area contributed by atoms with Crippen LogP contribution in [0.2, 0.25) is 0 Å². The molecule has 15 heavy (non-hydrogen) atoms. The lowest BCUT2D eigenvalue weighted by molar-refractivity contribution is 0.390. The van der Waals surface area contributed by atoms with E-state index < -0.39 is 10.0 Å². The Hall–Kier alpha value is -1.39. The minimum Gasteiger partial charge on any atom is -0.360 e. The minimum atomic E-state index is -3.66. The fraction of sp³-hybridized carbons (Fsp3) is 0.500. The fourth-order valence-electron chi connectivity index (χ4n) is 1.18. The van der Waals surface area contributed by atoms with Gasteiger partial charge in [0.2, 0.25) is 10.0 Å².